The van der Waals surface area contributed by atoms with Gasteiger partial charge in [-0.1, -0.05) is 0 Å². The largest absolute Gasteiger partial charge is 0.377 e. The molecule has 0 bridgehead atoms. The van der Waals surface area contributed by atoms with Crippen LogP contribution in [-0.4, -0.2) is 47.5 Å². The average Bonchev–Trinajstić information content (AvgIpc) is 2.62. The molecular weight excluding hydrogens is 232 g/mol. The summed E-state index contributed by atoms with van der Waals surface area (Å²) in [5, 5.41) is 7.09. The first-order valence-electron chi connectivity index (χ1n) is 6.12. The van der Waals surface area contributed by atoms with Gasteiger partial charge in [-0.05, 0) is 13.8 Å². The molecule has 1 N–H and O–H groups in total. The van der Waals surface area contributed by atoms with Gasteiger partial charge in [-0.3, -0.25) is 4.68 Å². The fourth-order valence-electron chi connectivity index (χ4n) is 2.50. The number of carbonyl (C=O) groups excluding carboxylic acids is 1. The Morgan fingerprint density at radius 1 is 1.50 bits per heavy atom. The van der Waals surface area contributed by atoms with Crippen molar-refractivity contribution < 1.29 is 9.53 Å². The topological polar surface area (TPSA) is 59.4 Å². The minimum atomic E-state index is -0.0639. The van der Waals surface area contributed by atoms with E-state index in [2.05, 4.69) is 10.4 Å². The Kier molecular flexibility index (Phi) is 3.56. The Hall–Kier alpha value is -1.56. The SMILES string of the molecule is CNC(=O)N1CCOCC1c1c(C)nn(C)c1C. The minimum absolute atomic E-state index is 0.0487. The number of nitrogens with one attached hydrogen (secondary N) is 1. The number of nitrogens with zero attached hydrogens (tertiary/aromatic N) is 3. The van der Waals surface area contributed by atoms with Gasteiger partial charge in [-0.2, -0.15) is 5.10 Å². The number of carbonyl (C=O) groups is 1. The van der Waals surface area contributed by atoms with E-state index >= 15 is 0 Å². The summed E-state index contributed by atoms with van der Waals surface area (Å²) in [6.07, 6.45) is 0. The van der Waals surface area contributed by atoms with Gasteiger partial charge in [0.25, 0.3) is 0 Å². The smallest absolute Gasteiger partial charge is 0.317 e. The quantitative estimate of drug-likeness (QED) is 0.802. The van der Waals surface area contributed by atoms with E-state index in [0.717, 1.165) is 17.0 Å². The van der Waals surface area contributed by atoms with Crippen LogP contribution < -0.4 is 5.32 Å². The van der Waals surface area contributed by atoms with E-state index in [1.165, 1.54) is 0 Å². The molecule has 0 aromatic carbocycles. The Morgan fingerprint density at radius 3 is 2.78 bits per heavy atom. The van der Waals surface area contributed by atoms with Crippen molar-refractivity contribution in [2.45, 2.75) is 19.9 Å². The van der Waals surface area contributed by atoms with Gasteiger partial charge in [0.1, 0.15) is 0 Å². The summed E-state index contributed by atoms with van der Waals surface area (Å²) < 4.78 is 7.37. The highest BCUT2D eigenvalue weighted by Crippen LogP contribution is 2.29. The molecular formula is C12H20N4O2. The number of morpholine rings is 1. The third kappa shape index (κ3) is 2.08. The summed E-state index contributed by atoms with van der Waals surface area (Å²) in [7, 11) is 3.57. The molecule has 1 aromatic rings. The maximum Gasteiger partial charge on any atom is 0.317 e. The van der Waals surface area contributed by atoms with E-state index in [1.54, 1.807) is 7.05 Å². The molecule has 6 heteroatoms. The van der Waals surface area contributed by atoms with E-state index in [0.29, 0.717) is 19.8 Å². The zero-order valence-corrected chi connectivity index (χ0v) is 11.4. The van der Waals surface area contributed by atoms with Crippen LogP contribution in [0.1, 0.15) is 23.0 Å². The lowest BCUT2D eigenvalue weighted by atomic mass is 10.0. The first-order valence-corrected chi connectivity index (χ1v) is 6.12. The van der Waals surface area contributed by atoms with Crippen molar-refractivity contribution in [3.05, 3.63) is 17.0 Å². The van der Waals surface area contributed by atoms with Crippen molar-refractivity contribution in [1.29, 1.82) is 0 Å². The molecule has 1 fully saturated rings. The molecule has 0 radical (unpaired) electrons. The summed E-state index contributed by atoms with van der Waals surface area (Å²) in [6, 6.07) is -0.113. The van der Waals surface area contributed by atoms with Crippen molar-refractivity contribution in [2.24, 2.45) is 7.05 Å². The highest BCUT2D eigenvalue weighted by atomic mass is 16.5. The Balaban J connectivity index is 2.36. The van der Waals surface area contributed by atoms with Crippen LogP contribution in [0, 0.1) is 13.8 Å². The second-order valence-electron chi connectivity index (χ2n) is 4.55. The second-order valence-corrected chi connectivity index (χ2v) is 4.55. The molecule has 2 amide bonds. The fraction of sp³-hybridized carbons (Fsp3) is 0.667. The van der Waals surface area contributed by atoms with E-state index in [1.807, 2.05) is 30.5 Å². The van der Waals surface area contributed by atoms with Crippen LogP contribution in [0.15, 0.2) is 0 Å². The molecule has 1 unspecified atom stereocenters. The van der Waals surface area contributed by atoms with Crippen LogP contribution in [0.3, 0.4) is 0 Å². The third-order valence-electron chi connectivity index (χ3n) is 3.50. The van der Waals surface area contributed by atoms with Crippen LogP contribution in [0.2, 0.25) is 0 Å². The van der Waals surface area contributed by atoms with E-state index in [4.69, 9.17) is 4.74 Å². The van der Waals surface area contributed by atoms with E-state index < -0.39 is 0 Å². The van der Waals surface area contributed by atoms with Gasteiger partial charge in [-0.25, -0.2) is 4.79 Å². The lowest BCUT2D eigenvalue weighted by Crippen LogP contribution is -2.47. The number of hydrogen-bond acceptors (Lipinski definition) is 3. The molecule has 18 heavy (non-hydrogen) atoms. The van der Waals surface area contributed by atoms with Crippen LogP contribution in [-0.2, 0) is 11.8 Å². The Morgan fingerprint density at radius 2 is 2.22 bits per heavy atom. The molecule has 2 heterocycles. The van der Waals surface area contributed by atoms with Crippen molar-refractivity contribution in [3.63, 3.8) is 0 Å². The molecule has 0 spiro atoms. The first-order chi connectivity index (χ1) is 8.56. The summed E-state index contributed by atoms with van der Waals surface area (Å²) in [5.74, 6) is 0. The minimum Gasteiger partial charge on any atom is -0.377 e. The Labute approximate surface area is 107 Å². The number of aromatic nitrogens is 2. The molecule has 1 saturated heterocycles. The lowest BCUT2D eigenvalue weighted by Gasteiger charge is -2.35. The number of urea groups is 1. The van der Waals surface area contributed by atoms with Crippen molar-refractivity contribution in [3.8, 4) is 0 Å². The summed E-state index contributed by atoms with van der Waals surface area (Å²) in [4.78, 5) is 13.7. The molecule has 1 aromatic heterocycles. The average molecular weight is 252 g/mol. The molecule has 1 aliphatic heterocycles. The fourth-order valence-corrected chi connectivity index (χ4v) is 2.50. The lowest BCUT2D eigenvalue weighted by molar-refractivity contribution is 0.0116. The van der Waals surface area contributed by atoms with Gasteiger partial charge in [0.15, 0.2) is 0 Å². The molecule has 1 atom stereocenters. The van der Waals surface area contributed by atoms with Crippen LogP contribution in [0.4, 0.5) is 4.79 Å². The number of rotatable bonds is 1. The highest BCUT2D eigenvalue weighted by molar-refractivity contribution is 5.74. The van der Waals surface area contributed by atoms with Crippen LogP contribution in [0.25, 0.3) is 0 Å². The van der Waals surface area contributed by atoms with Gasteiger partial charge in [-0.15, -0.1) is 0 Å². The summed E-state index contributed by atoms with van der Waals surface area (Å²) in [5.41, 5.74) is 3.14. The Bertz CT molecular complexity index is 455. The highest BCUT2D eigenvalue weighted by Gasteiger charge is 2.31. The third-order valence-corrected chi connectivity index (χ3v) is 3.50. The predicted octanol–water partition coefficient (Wildman–Crippen LogP) is 0.750. The number of hydrogen-bond donors (Lipinski definition) is 1. The maximum atomic E-state index is 11.9. The number of amides is 2. The van der Waals surface area contributed by atoms with Gasteiger partial charge >= 0.3 is 6.03 Å². The molecule has 2 rings (SSSR count). The van der Waals surface area contributed by atoms with Gasteiger partial charge in [0.05, 0.1) is 24.9 Å². The molecule has 0 saturated carbocycles. The monoisotopic (exact) mass is 252 g/mol. The van der Waals surface area contributed by atoms with Gasteiger partial charge in [0, 0.05) is 31.9 Å². The zero-order chi connectivity index (χ0) is 13.3. The molecule has 6 nitrogen and oxygen atoms in total. The molecule has 0 aliphatic carbocycles. The zero-order valence-electron chi connectivity index (χ0n) is 11.4. The second kappa shape index (κ2) is 4.97. The van der Waals surface area contributed by atoms with Crippen LogP contribution in [0.5, 0.6) is 0 Å². The molecule has 100 valence electrons. The van der Waals surface area contributed by atoms with Crippen LogP contribution >= 0.6 is 0 Å². The standard InChI is InChI=1S/C12H20N4O2/c1-8-11(9(2)15(4)14-8)10-7-18-6-5-16(10)12(17)13-3/h10H,5-7H2,1-4H3,(H,13,17). The number of aryl methyl sites for hydroxylation is 2. The van der Waals surface area contributed by atoms with Crippen molar-refractivity contribution in [1.82, 2.24) is 20.0 Å². The first kappa shape index (κ1) is 12.9. The summed E-state index contributed by atoms with van der Waals surface area (Å²) in [6.45, 7) is 5.71. The van der Waals surface area contributed by atoms with Gasteiger partial charge in [0.2, 0.25) is 0 Å². The normalized spacial score (nSPS) is 20.0. The molecule has 1 aliphatic rings. The van der Waals surface area contributed by atoms with Gasteiger partial charge < -0.3 is 15.0 Å². The predicted molar refractivity (Wildman–Crippen MR) is 67.4 cm³/mol. The number of ether oxygens (including phenoxy) is 1. The summed E-state index contributed by atoms with van der Waals surface area (Å²) >= 11 is 0. The van der Waals surface area contributed by atoms with E-state index in [9.17, 15) is 4.79 Å². The van der Waals surface area contributed by atoms with E-state index in [-0.39, 0.29) is 12.1 Å². The van der Waals surface area contributed by atoms with Crippen molar-refractivity contribution in [2.75, 3.05) is 26.8 Å². The van der Waals surface area contributed by atoms with Crippen molar-refractivity contribution >= 4 is 6.03 Å². The maximum absolute atomic E-state index is 11.9.